The average Bonchev–Trinajstić information content (AvgIpc) is 2.24. The van der Waals surface area contributed by atoms with Crippen molar-refractivity contribution in [1.29, 1.82) is 0 Å². The summed E-state index contributed by atoms with van der Waals surface area (Å²) in [6, 6.07) is -1.06. The van der Waals surface area contributed by atoms with Crippen LogP contribution in [0.2, 0.25) is 0 Å². The number of unbranched alkanes of at least 4 members (excludes halogenated alkanes) is 2. The fourth-order valence-electron chi connectivity index (χ4n) is 1.57. The summed E-state index contributed by atoms with van der Waals surface area (Å²) >= 11 is 0. The van der Waals surface area contributed by atoms with Gasteiger partial charge in [0.1, 0.15) is 11.8 Å². The zero-order chi connectivity index (χ0) is 15.1. The zero-order valence-electron chi connectivity index (χ0n) is 11.7. The van der Waals surface area contributed by atoms with E-state index >= 15 is 0 Å². The van der Waals surface area contributed by atoms with E-state index in [9.17, 15) is 18.0 Å². The molecule has 0 aromatic carbocycles. The Labute approximate surface area is 114 Å². The number of carboxylic acids is 1. The normalized spacial score (nSPS) is 13.3. The maximum absolute atomic E-state index is 11.6. The first kappa shape index (κ1) is 17.9. The van der Waals surface area contributed by atoms with Gasteiger partial charge in [-0.05, 0) is 12.3 Å². The van der Waals surface area contributed by atoms with E-state index in [4.69, 9.17) is 5.11 Å². The number of aliphatic carboxylic acids is 1. The Morgan fingerprint density at radius 2 is 1.79 bits per heavy atom. The first-order valence-corrected chi connectivity index (χ1v) is 8.24. The van der Waals surface area contributed by atoms with Crippen LogP contribution in [0.1, 0.15) is 40.0 Å². The molecule has 0 bridgehead atoms. The van der Waals surface area contributed by atoms with Gasteiger partial charge in [0, 0.05) is 0 Å². The van der Waals surface area contributed by atoms with Crippen molar-refractivity contribution in [3.05, 3.63) is 0 Å². The van der Waals surface area contributed by atoms with Gasteiger partial charge in [-0.3, -0.25) is 4.79 Å². The molecule has 0 aliphatic heterocycles. The summed E-state index contributed by atoms with van der Waals surface area (Å²) in [5, 5.41) is 11.1. The Morgan fingerprint density at radius 3 is 2.21 bits per heavy atom. The third-order valence-electron chi connectivity index (χ3n) is 2.66. The Balaban J connectivity index is 4.40. The van der Waals surface area contributed by atoms with Crippen molar-refractivity contribution in [3.63, 3.8) is 0 Å². The fourth-order valence-corrected chi connectivity index (χ4v) is 2.84. The van der Waals surface area contributed by atoms with Crippen LogP contribution in [0, 0.1) is 5.92 Å². The number of hydrogen-bond acceptors (Lipinski definition) is 4. The smallest absolute Gasteiger partial charge is 0.326 e. The second-order valence-corrected chi connectivity index (χ2v) is 7.11. The molecule has 0 spiro atoms. The number of sulfone groups is 1. The minimum Gasteiger partial charge on any atom is -0.480 e. The SMILES string of the molecule is CCCCCS(=O)(=O)CC(=O)NC(C(=O)O)C(C)C. The molecule has 1 atom stereocenters. The van der Waals surface area contributed by atoms with Crippen LogP contribution in [0.3, 0.4) is 0 Å². The van der Waals surface area contributed by atoms with Gasteiger partial charge in [0.2, 0.25) is 5.91 Å². The molecule has 0 fully saturated rings. The number of carboxylic acid groups (broad SMARTS) is 1. The largest absolute Gasteiger partial charge is 0.480 e. The van der Waals surface area contributed by atoms with E-state index in [1.54, 1.807) is 13.8 Å². The molecule has 0 rings (SSSR count). The Bertz CT molecular complexity index is 402. The lowest BCUT2D eigenvalue weighted by atomic mass is 10.1. The highest BCUT2D eigenvalue weighted by molar-refractivity contribution is 7.92. The summed E-state index contributed by atoms with van der Waals surface area (Å²) in [4.78, 5) is 22.4. The standard InChI is InChI=1S/C12H23NO5S/c1-4-5-6-7-19(17,18)8-10(14)13-11(9(2)3)12(15)16/h9,11H,4-8H2,1-3H3,(H,13,14)(H,15,16). The van der Waals surface area contributed by atoms with Gasteiger partial charge in [-0.15, -0.1) is 0 Å². The number of carbonyl (C=O) groups excluding carboxylic acids is 1. The van der Waals surface area contributed by atoms with Gasteiger partial charge in [-0.25, -0.2) is 13.2 Å². The molecular weight excluding hydrogens is 270 g/mol. The third-order valence-corrected chi connectivity index (χ3v) is 4.27. The van der Waals surface area contributed by atoms with E-state index in [1.807, 2.05) is 6.92 Å². The van der Waals surface area contributed by atoms with Gasteiger partial charge < -0.3 is 10.4 Å². The molecule has 0 aromatic heterocycles. The van der Waals surface area contributed by atoms with Gasteiger partial charge in [-0.2, -0.15) is 0 Å². The lowest BCUT2D eigenvalue weighted by Crippen LogP contribution is -2.46. The van der Waals surface area contributed by atoms with Gasteiger partial charge >= 0.3 is 5.97 Å². The predicted molar refractivity (Wildman–Crippen MR) is 72.6 cm³/mol. The van der Waals surface area contributed by atoms with Crippen LogP contribution in [0.5, 0.6) is 0 Å². The number of amides is 1. The Morgan fingerprint density at radius 1 is 1.21 bits per heavy atom. The van der Waals surface area contributed by atoms with Crippen molar-refractivity contribution in [2.24, 2.45) is 5.92 Å². The minimum absolute atomic E-state index is 0.0341. The molecule has 7 heteroatoms. The molecule has 0 saturated carbocycles. The summed E-state index contributed by atoms with van der Waals surface area (Å²) in [6.45, 7) is 5.25. The molecular formula is C12H23NO5S. The van der Waals surface area contributed by atoms with Crippen molar-refractivity contribution >= 4 is 21.7 Å². The average molecular weight is 293 g/mol. The topological polar surface area (TPSA) is 101 Å². The number of nitrogens with one attached hydrogen (secondary N) is 1. The molecule has 0 aliphatic carbocycles. The van der Waals surface area contributed by atoms with Crippen molar-refractivity contribution in [1.82, 2.24) is 5.32 Å². The van der Waals surface area contributed by atoms with Crippen molar-refractivity contribution in [2.75, 3.05) is 11.5 Å². The van der Waals surface area contributed by atoms with E-state index in [0.29, 0.717) is 6.42 Å². The molecule has 0 radical (unpaired) electrons. The van der Waals surface area contributed by atoms with Gasteiger partial charge in [-0.1, -0.05) is 33.6 Å². The Kier molecular flexibility index (Phi) is 7.66. The highest BCUT2D eigenvalue weighted by atomic mass is 32.2. The number of carbonyl (C=O) groups is 2. The summed E-state index contributed by atoms with van der Waals surface area (Å²) < 4.78 is 23.3. The van der Waals surface area contributed by atoms with E-state index in [-0.39, 0.29) is 11.7 Å². The van der Waals surface area contributed by atoms with E-state index < -0.39 is 33.5 Å². The third kappa shape index (κ3) is 7.81. The van der Waals surface area contributed by atoms with E-state index in [0.717, 1.165) is 12.8 Å². The van der Waals surface area contributed by atoms with Crippen LogP contribution in [-0.2, 0) is 19.4 Å². The molecule has 1 amide bonds. The fraction of sp³-hybridized carbons (Fsp3) is 0.833. The lowest BCUT2D eigenvalue weighted by Gasteiger charge is -2.17. The van der Waals surface area contributed by atoms with Gasteiger partial charge in [0.05, 0.1) is 5.75 Å². The first-order valence-electron chi connectivity index (χ1n) is 6.42. The van der Waals surface area contributed by atoms with Crippen LogP contribution >= 0.6 is 0 Å². The summed E-state index contributed by atoms with van der Waals surface area (Å²) in [5.74, 6) is -2.89. The van der Waals surface area contributed by atoms with Crippen LogP contribution in [0.4, 0.5) is 0 Å². The van der Waals surface area contributed by atoms with Crippen molar-refractivity contribution < 1.29 is 23.1 Å². The molecule has 19 heavy (non-hydrogen) atoms. The molecule has 0 aliphatic rings. The Hall–Kier alpha value is -1.11. The van der Waals surface area contributed by atoms with Crippen LogP contribution < -0.4 is 5.32 Å². The lowest BCUT2D eigenvalue weighted by molar-refractivity contribution is -0.142. The second kappa shape index (κ2) is 8.14. The summed E-state index contributed by atoms with van der Waals surface area (Å²) in [5.41, 5.74) is 0. The van der Waals surface area contributed by atoms with Gasteiger partial charge in [0.25, 0.3) is 0 Å². The number of hydrogen-bond donors (Lipinski definition) is 2. The maximum Gasteiger partial charge on any atom is 0.326 e. The molecule has 0 saturated heterocycles. The van der Waals surface area contributed by atoms with Crippen LogP contribution in [-0.4, -0.2) is 42.9 Å². The van der Waals surface area contributed by atoms with E-state index in [1.165, 1.54) is 0 Å². The molecule has 0 heterocycles. The maximum atomic E-state index is 11.6. The highest BCUT2D eigenvalue weighted by Crippen LogP contribution is 2.03. The van der Waals surface area contributed by atoms with Crippen LogP contribution in [0.15, 0.2) is 0 Å². The first-order chi connectivity index (χ1) is 8.69. The summed E-state index contributed by atoms with van der Waals surface area (Å²) in [7, 11) is -3.46. The summed E-state index contributed by atoms with van der Waals surface area (Å²) in [6.07, 6.45) is 2.22. The molecule has 112 valence electrons. The van der Waals surface area contributed by atoms with Crippen molar-refractivity contribution in [2.45, 2.75) is 46.1 Å². The molecule has 1 unspecified atom stereocenters. The number of rotatable bonds is 9. The molecule has 0 aromatic rings. The monoisotopic (exact) mass is 293 g/mol. The molecule has 2 N–H and O–H groups in total. The van der Waals surface area contributed by atoms with Crippen LogP contribution in [0.25, 0.3) is 0 Å². The van der Waals surface area contributed by atoms with Gasteiger partial charge in [0.15, 0.2) is 9.84 Å². The molecule has 6 nitrogen and oxygen atoms in total. The zero-order valence-corrected chi connectivity index (χ0v) is 12.5. The highest BCUT2D eigenvalue weighted by Gasteiger charge is 2.25. The predicted octanol–water partition coefficient (Wildman–Crippen LogP) is 0.817. The minimum atomic E-state index is -3.46. The van der Waals surface area contributed by atoms with E-state index in [2.05, 4.69) is 5.32 Å². The quantitative estimate of drug-likeness (QED) is 0.613. The van der Waals surface area contributed by atoms with Crippen molar-refractivity contribution in [3.8, 4) is 0 Å². The second-order valence-electron chi connectivity index (χ2n) is 4.93.